The molecule has 0 radical (unpaired) electrons. The number of hydrogen-bond acceptors (Lipinski definition) is 2. The van der Waals surface area contributed by atoms with Gasteiger partial charge in [-0.05, 0) is 47.5 Å². The summed E-state index contributed by atoms with van der Waals surface area (Å²) in [5.41, 5.74) is 1.75. The SMILES string of the molecule is CCCCCCCC(C)Nc1ccc(C#N)cc1Br. The summed E-state index contributed by atoms with van der Waals surface area (Å²) in [4.78, 5) is 0. The zero-order chi connectivity index (χ0) is 14.1. The fourth-order valence-electron chi connectivity index (χ4n) is 2.09. The van der Waals surface area contributed by atoms with E-state index in [2.05, 4.69) is 41.2 Å². The Hall–Kier alpha value is -1.01. The summed E-state index contributed by atoms with van der Waals surface area (Å²) >= 11 is 3.51. The Morgan fingerprint density at radius 3 is 2.63 bits per heavy atom. The maximum atomic E-state index is 8.83. The van der Waals surface area contributed by atoms with Crippen molar-refractivity contribution in [1.29, 1.82) is 5.26 Å². The second kappa shape index (κ2) is 8.98. The second-order valence-corrected chi connectivity index (χ2v) is 5.91. The fourth-order valence-corrected chi connectivity index (χ4v) is 2.59. The van der Waals surface area contributed by atoms with Gasteiger partial charge in [0.15, 0.2) is 0 Å². The smallest absolute Gasteiger partial charge is 0.0992 e. The van der Waals surface area contributed by atoms with Gasteiger partial charge in [0, 0.05) is 16.2 Å². The van der Waals surface area contributed by atoms with Gasteiger partial charge in [0.1, 0.15) is 0 Å². The van der Waals surface area contributed by atoms with Crippen LogP contribution < -0.4 is 5.32 Å². The lowest BCUT2D eigenvalue weighted by Gasteiger charge is -2.16. The molecule has 1 rings (SSSR count). The highest BCUT2D eigenvalue weighted by Gasteiger charge is 2.05. The Bertz CT molecular complexity index is 423. The van der Waals surface area contributed by atoms with E-state index in [9.17, 15) is 0 Å². The summed E-state index contributed by atoms with van der Waals surface area (Å²) in [5, 5.41) is 12.3. The molecule has 0 spiro atoms. The maximum absolute atomic E-state index is 8.83. The highest BCUT2D eigenvalue weighted by atomic mass is 79.9. The van der Waals surface area contributed by atoms with Crippen LogP contribution in [0.15, 0.2) is 22.7 Å². The summed E-state index contributed by atoms with van der Waals surface area (Å²) in [7, 11) is 0. The zero-order valence-corrected chi connectivity index (χ0v) is 13.5. The largest absolute Gasteiger partial charge is 0.382 e. The molecule has 0 bridgehead atoms. The first-order chi connectivity index (χ1) is 9.17. The van der Waals surface area contributed by atoms with Crippen molar-refractivity contribution in [3.8, 4) is 6.07 Å². The zero-order valence-electron chi connectivity index (χ0n) is 11.9. The molecule has 3 heteroatoms. The summed E-state index contributed by atoms with van der Waals surface area (Å²) in [5.74, 6) is 0. The van der Waals surface area contributed by atoms with E-state index in [1.807, 2.05) is 18.2 Å². The number of nitrogens with one attached hydrogen (secondary N) is 1. The molecule has 0 aromatic heterocycles. The summed E-state index contributed by atoms with van der Waals surface area (Å²) in [6.07, 6.45) is 7.80. The Kier molecular flexibility index (Phi) is 7.59. The molecule has 0 saturated heterocycles. The molecule has 0 saturated carbocycles. The van der Waals surface area contributed by atoms with E-state index in [-0.39, 0.29) is 0 Å². The van der Waals surface area contributed by atoms with E-state index in [0.29, 0.717) is 11.6 Å². The molecule has 0 aliphatic rings. The van der Waals surface area contributed by atoms with E-state index in [0.717, 1.165) is 10.2 Å². The van der Waals surface area contributed by atoms with Gasteiger partial charge < -0.3 is 5.32 Å². The van der Waals surface area contributed by atoms with E-state index >= 15 is 0 Å². The Labute approximate surface area is 125 Å². The lowest BCUT2D eigenvalue weighted by molar-refractivity contribution is 0.578. The van der Waals surface area contributed by atoms with Crippen LogP contribution in [0.1, 0.15) is 57.9 Å². The number of nitrogens with zero attached hydrogens (tertiary/aromatic N) is 1. The number of halogens is 1. The van der Waals surface area contributed by atoms with Gasteiger partial charge in [0.2, 0.25) is 0 Å². The molecule has 0 aliphatic carbocycles. The number of rotatable bonds is 8. The Morgan fingerprint density at radius 2 is 2.00 bits per heavy atom. The quantitative estimate of drug-likeness (QED) is 0.643. The molecule has 19 heavy (non-hydrogen) atoms. The highest BCUT2D eigenvalue weighted by molar-refractivity contribution is 9.10. The van der Waals surface area contributed by atoms with Crippen LogP contribution in [0.5, 0.6) is 0 Å². The van der Waals surface area contributed by atoms with Crippen molar-refractivity contribution in [2.24, 2.45) is 0 Å². The van der Waals surface area contributed by atoms with Crippen molar-refractivity contribution >= 4 is 21.6 Å². The van der Waals surface area contributed by atoms with Gasteiger partial charge in [0.25, 0.3) is 0 Å². The van der Waals surface area contributed by atoms with Crippen molar-refractivity contribution in [1.82, 2.24) is 0 Å². The van der Waals surface area contributed by atoms with Crippen molar-refractivity contribution < 1.29 is 0 Å². The van der Waals surface area contributed by atoms with Crippen LogP contribution in [0.25, 0.3) is 0 Å². The van der Waals surface area contributed by atoms with E-state index in [1.165, 1.54) is 38.5 Å². The lowest BCUT2D eigenvalue weighted by atomic mass is 10.1. The molecule has 1 N–H and O–H groups in total. The standard InChI is InChI=1S/C16H23BrN2/c1-3-4-5-6-7-8-13(2)19-16-10-9-14(12-18)11-15(16)17/h9-11,13,19H,3-8H2,1-2H3. The molecule has 2 nitrogen and oxygen atoms in total. The number of anilines is 1. The molecule has 104 valence electrons. The van der Waals surface area contributed by atoms with Gasteiger partial charge in [-0.2, -0.15) is 5.26 Å². The molecular weight excluding hydrogens is 300 g/mol. The van der Waals surface area contributed by atoms with Crippen molar-refractivity contribution in [2.75, 3.05) is 5.32 Å². The van der Waals surface area contributed by atoms with Crippen molar-refractivity contribution in [2.45, 2.75) is 58.4 Å². The number of hydrogen-bond donors (Lipinski definition) is 1. The first kappa shape index (κ1) is 16.0. The average Bonchev–Trinajstić information content (AvgIpc) is 2.41. The minimum absolute atomic E-state index is 0.464. The molecule has 1 aromatic carbocycles. The summed E-state index contributed by atoms with van der Waals surface area (Å²) in [6, 6.07) is 8.28. The van der Waals surface area contributed by atoms with Crippen LogP contribution in [0.3, 0.4) is 0 Å². The average molecular weight is 323 g/mol. The first-order valence-electron chi connectivity index (χ1n) is 7.13. The van der Waals surface area contributed by atoms with Crippen LogP contribution in [-0.4, -0.2) is 6.04 Å². The fraction of sp³-hybridized carbons (Fsp3) is 0.562. The normalized spacial score (nSPS) is 11.9. The predicted octanol–water partition coefficient (Wildman–Crippen LogP) is 5.48. The van der Waals surface area contributed by atoms with Crippen LogP contribution in [0, 0.1) is 11.3 Å². The number of nitriles is 1. The first-order valence-corrected chi connectivity index (χ1v) is 7.93. The van der Waals surface area contributed by atoms with E-state index in [4.69, 9.17) is 5.26 Å². The van der Waals surface area contributed by atoms with Crippen LogP contribution in [0.2, 0.25) is 0 Å². The molecule has 0 heterocycles. The van der Waals surface area contributed by atoms with E-state index < -0.39 is 0 Å². The second-order valence-electron chi connectivity index (χ2n) is 5.05. The van der Waals surface area contributed by atoms with Crippen LogP contribution in [-0.2, 0) is 0 Å². The van der Waals surface area contributed by atoms with Crippen molar-refractivity contribution in [3.05, 3.63) is 28.2 Å². The molecule has 1 aromatic rings. The van der Waals surface area contributed by atoms with Crippen LogP contribution in [0.4, 0.5) is 5.69 Å². The third kappa shape index (κ3) is 6.11. The van der Waals surface area contributed by atoms with Gasteiger partial charge >= 0.3 is 0 Å². The van der Waals surface area contributed by atoms with Gasteiger partial charge in [-0.15, -0.1) is 0 Å². The summed E-state index contributed by atoms with van der Waals surface area (Å²) < 4.78 is 0.962. The lowest BCUT2D eigenvalue weighted by Crippen LogP contribution is -2.15. The monoisotopic (exact) mass is 322 g/mol. The minimum Gasteiger partial charge on any atom is -0.382 e. The highest BCUT2D eigenvalue weighted by Crippen LogP contribution is 2.24. The van der Waals surface area contributed by atoms with Gasteiger partial charge in [0.05, 0.1) is 11.6 Å². The Morgan fingerprint density at radius 1 is 1.26 bits per heavy atom. The van der Waals surface area contributed by atoms with Gasteiger partial charge in [-0.25, -0.2) is 0 Å². The third-order valence-electron chi connectivity index (χ3n) is 3.24. The van der Waals surface area contributed by atoms with Crippen LogP contribution >= 0.6 is 15.9 Å². The maximum Gasteiger partial charge on any atom is 0.0992 e. The Balaban J connectivity index is 2.36. The van der Waals surface area contributed by atoms with Gasteiger partial charge in [-0.1, -0.05) is 39.0 Å². The number of unbranched alkanes of at least 4 members (excludes halogenated alkanes) is 4. The molecule has 0 aliphatic heterocycles. The van der Waals surface area contributed by atoms with Crippen molar-refractivity contribution in [3.63, 3.8) is 0 Å². The van der Waals surface area contributed by atoms with Gasteiger partial charge in [-0.3, -0.25) is 0 Å². The third-order valence-corrected chi connectivity index (χ3v) is 3.90. The topological polar surface area (TPSA) is 35.8 Å². The molecule has 0 amide bonds. The molecule has 0 fully saturated rings. The van der Waals surface area contributed by atoms with E-state index in [1.54, 1.807) is 0 Å². The molecule has 1 unspecified atom stereocenters. The summed E-state index contributed by atoms with van der Waals surface area (Å²) in [6.45, 7) is 4.46. The molecular formula is C16H23BrN2. The number of benzene rings is 1. The molecule has 1 atom stereocenters. The minimum atomic E-state index is 0.464. The predicted molar refractivity (Wildman–Crippen MR) is 85.3 cm³/mol.